The molecule has 0 atom stereocenters. The molecule has 1 aromatic carbocycles. The fraction of sp³-hybridized carbons (Fsp3) is 0.222. The van der Waals surface area contributed by atoms with Gasteiger partial charge in [-0.1, -0.05) is 44.0 Å². The highest BCUT2D eigenvalue weighted by Crippen LogP contribution is 2.39. The molecule has 0 heterocycles. The van der Waals surface area contributed by atoms with Gasteiger partial charge in [-0.2, -0.15) is 8.78 Å². The van der Waals surface area contributed by atoms with Crippen LogP contribution in [0, 0.1) is 0 Å². The molecule has 0 amide bonds. The van der Waals surface area contributed by atoms with Gasteiger partial charge in [0.15, 0.2) is 0 Å². The molecule has 0 radical (unpaired) electrons. The van der Waals surface area contributed by atoms with Crippen molar-refractivity contribution in [3.8, 4) is 0 Å². The van der Waals surface area contributed by atoms with E-state index < -0.39 is 17.9 Å². The van der Waals surface area contributed by atoms with Gasteiger partial charge in [0.2, 0.25) is 0 Å². The quantitative estimate of drug-likeness (QED) is 0.336. The maximum absolute atomic E-state index is 13.6. The summed E-state index contributed by atoms with van der Waals surface area (Å²) in [6, 6.07) is 5.97. The number of alkyl halides is 4. The zero-order chi connectivity index (χ0) is 17.8. The standard InChI is InChI=1S/C18H18F4O/c1-11(2)23-13(4)10-12(3)15-8-6-7-9-16(15)14(5)18(21,22)17(19)20/h6-10,17H,1,4-5H2,2-3H3/b12-10+. The molecule has 0 aliphatic heterocycles. The Morgan fingerprint density at radius 2 is 1.61 bits per heavy atom. The molecular formula is C18H18F4O. The van der Waals surface area contributed by atoms with E-state index in [0.29, 0.717) is 16.9 Å². The molecule has 1 aromatic rings. The van der Waals surface area contributed by atoms with Gasteiger partial charge in [0.25, 0.3) is 0 Å². The van der Waals surface area contributed by atoms with E-state index in [1.807, 2.05) is 0 Å². The van der Waals surface area contributed by atoms with Gasteiger partial charge in [-0.25, -0.2) is 8.78 Å². The second-order valence-corrected chi connectivity index (χ2v) is 5.05. The summed E-state index contributed by atoms with van der Waals surface area (Å²) >= 11 is 0. The number of allylic oxidation sites excluding steroid dienone is 4. The number of rotatable bonds is 7. The molecule has 0 aliphatic carbocycles. The monoisotopic (exact) mass is 326 g/mol. The molecule has 0 saturated heterocycles. The number of ether oxygens (including phenoxy) is 1. The average molecular weight is 326 g/mol. The van der Waals surface area contributed by atoms with Crippen LogP contribution in [-0.2, 0) is 4.74 Å². The zero-order valence-electron chi connectivity index (χ0n) is 13.0. The van der Waals surface area contributed by atoms with Crippen molar-refractivity contribution in [2.24, 2.45) is 0 Å². The Kier molecular flexibility index (Phi) is 5.96. The summed E-state index contributed by atoms with van der Waals surface area (Å²) in [6.07, 6.45) is -2.31. The molecule has 0 N–H and O–H groups in total. The van der Waals surface area contributed by atoms with E-state index in [-0.39, 0.29) is 11.3 Å². The first-order chi connectivity index (χ1) is 10.6. The van der Waals surface area contributed by atoms with Crippen molar-refractivity contribution in [3.05, 3.63) is 72.7 Å². The van der Waals surface area contributed by atoms with Crippen molar-refractivity contribution in [2.75, 3.05) is 0 Å². The highest BCUT2D eigenvalue weighted by molar-refractivity contribution is 5.81. The lowest BCUT2D eigenvalue weighted by atomic mass is 9.92. The summed E-state index contributed by atoms with van der Waals surface area (Å²) < 4.78 is 57.5. The summed E-state index contributed by atoms with van der Waals surface area (Å²) in [5, 5.41) is 0. The molecule has 0 unspecified atom stereocenters. The molecule has 0 fully saturated rings. The second kappa shape index (κ2) is 7.31. The number of hydrogen-bond donors (Lipinski definition) is 0. The Morgan fingerprint density at radius 3 is 2.09 bits per heavy atom. The number of benzene rings is 1. The minimum atomic E-state index is -4.30. The second-order valence-electron chi connectivity index (χ2n) is 5.05. The Hall–Kier alpha value is -2.30. The predicted octanol–water partition coefficient (Wildman–Crippen LogP) is 6.07. The van der Waals surface area contributed by atoms with E-state index in [2.05, 4.69) is 19.7 Å². The Labute approximate surface area is 133 Å². The van der Waals surface area contributed by atoms with Crippen molar-refractivity contribution in [1.82, 2.24) is 0 Å². The molecule has 1 rings (SSSR count). The van der Waals surface area contributed by atoms with Crippen LogP contribution >= 0.6 is 0 Å². The van der Waals surface area contributed by atoms with Gasteiger partial charge < -0.3 is 4.74 Å². The molecule has 0 bridgehead atoms. The molecule has 23 heavy (non-hydrogen) atoms. The summed E-state index contributed by atoms with van der Waals surface area (Å²) in [5.74, 6) is -3.63. The lowest BCUT2D eigenvalue weighted by molar-refractivity contribution is -0.0823. The molecule has 5 heteroatoms. The molecule has 0 aliphatic rings. The fourth-order valence-electron chi connectivity index (χ4n) is 1.97. The lowest BCUT2D eigenvalue weighted by Gasteiger charge is -2.21. The third-order valence-electron chi connectivity index (χ3n) is 3.04. The number of hydrogen-bond acceptors (Lipinski definition) is 1. The summed E-state index contributed by atoms with van der Waals surface area (Å²) in [6.45, 7) is 13.7. The smallest absolute Gasteiger partial charge is 0.332 e. The average Bonchev–Trinajstić information content (AvgIpc) is 2.45. The van der Waals surface area contributed by atoms with Crippen molar-refractivity contribution in [2.45, 2.75) is 26.2 Å². The van der Waals surface area contributed by atoms with E-state index in [1.165, 1.54) is 18.2 Å². The maximum Gasteiger partial charge on any atom is 0.332 e. The first-order valence-corrected chi connectivity index (χ1v) is 6.73. The summed E-state index contributed by atoms with van der Waals surface area (Å²) in [7, 11) is 0. The van der Waals surface area contributed by atoms with Gasteiger partial charge in [0.1, 0.15) is 5.76 Å². The van der Waals surface area contributed by atoms with E-state index in [9.17, 15) is 17.6 Å². The van der Waals surface area contributed by atoms with Crippen LogP contribution < -0.4 is 0 Å². The van der Waals surface area contributed by atoms with Crippen LogP contribution in [0.1, 0.15) is 25.0 Å². The van der Waals surface area contributed by atoms with Crippen LogP contribution in [-0.4, -0.2) is 12.3 Å². The zero-order valence-corrected chi connectivity index (χ0v) is 13.0. The minimum absolute atomic E-state index is 0.0466. The molecule has 1 nitrogen and oxygen atoms in total. The van der Waals surface area contributed by atoms with Crippen molar-refractivity contribution < 1.29 is 22.3 Å². The topological polar surface area (TPSA) is 9.23 Å². The van der Waals surface area contributed by atoms with Gasteiger partial charge in [0.05, 0.1) is 5.76 Å². The summed E-state index contributed by atoms with van der Waals surface area (Å²) in [5.41, 5.74) is -0.0979. The molecular weight excluding hydrogens is 308 g/mol. The maximum atomic E-state index is 13.6. The van der Waals surface area contributed by atoms with Gasteiger partial charge in [-0.15, -0.1) is 0 Å². The minimum Gasteiger partial charge on any atom is -0.463 e. The Balaban J connectivity index is 3.26. The predicted molar refractivity (Wildman–Crippen MR) is 85.1 cm³/mol. The Morgan fingerprint density at radius 1 is 1.09 bits per heavy atom. The first kappa shape index (κ1) is 18.7. The molecule has 0 saturated carbocycles. The SMILES string of the molecule is C=C(C)OC(=C)/C=C(\C)c1ccccc1C(=C)C(F)(F)C(F)F. The highest BCUT2D eigenvalue weighted by Gasteiger charge is 2.44. The van der Waals surface area contributed by atoms with Crippen LogP contribution in [0.5, 0.6) is 0 Å². The summed E-state index contributed by atoms with van der Waals surface area (Å²) in [4.78, 5) is 0. The molecule has 0 spiro atoms. The normalized spacial score (nSPS) is 12.2. The molecule has 0 aromatic heterocycles. The van der Waals surface area contributed by atoms with E-state index in [4.69, 9.17) is 4.74 Å². The first-order valence-electron chi connectivity index (χ1n) is 6.73. The Bertz CT molecular complexity index is 657. The largest absolute Gasteiger partial charge is 0.463 e. The van der Waals surface area contributed by atoms with Crippen LogP contribution in [0.3, 0.4) is 0 Å². The van der Waals surface area contributed by atoms with E-state index in [1.54, 1.807) is 26.0 Å². The van der Waals surface area contributed by atoms with E-state index in [0.717, 1.165) is 0 Å². The van der Waals surface area contributed by atoms with Gasteiger partial charge in [-0.3, -0.25) is 0 Å². The van der Waals surface area contributed by atoms with Crippen LogP contribution in [0.4, 0.5) is 17.6 Å². The van der Waals surface area contributed by atoms with Crippen molar-refractivity contribution in [1.29, 1.82) is 0 Å². The third kappa shape index (κ3) is 4.58. The third-order valence-corrected chi connectivity index (χ3v) is 3.04. The lowest BCUT2D eigenvalue weighted by Crippen LogP contribution is -2.28. The van der Waals surface area contributed by atoms with Crippen LogP contribution in [0.15, 0.2) is 61.6 Å². The van der Waals surface area contributed by atoms with E-state index >= 15 is 0 Å². The number of halogens is 4. The van der Waals surface area contributed by atoms with Crippen molar-refractivity contribution in [3.63, 3.8) is 0 Å². The van der Waals surface area contributed by atoms with Crippen molar-refractivity contribution >= 4 is 11.1 Å². The van der Waals surface area contributed by atoms with Gasteiger partial charge >= 0.3 is 12.3 Å². The van der Waals surface area contributed by atoms with Gasteiger partial charge in [-0.05, 0) is 36.6 Å². The van der Waals surface area contributed by atoms with Crippen LogP contribution in [0.25, 0.3) is 11.1 Å². The highest BCUT2D eigenvalue weighted by atomic mass is 19.3. The van der Waals surface area contributed by atoms with Gasteiger partial charge in [0, 0.05) is 5.57 Å². The van der Waals surface area contributed by atoms with Crippen LogP contribution in [0.2, 0.25) is 0 Å². The molecule has 124 valence electrons. The fourth-order valence-corrected chi connectivity index (χ4v) is 1.97.